The molecule has 0 radical (unpaired) electrons. The van der Waals surface area contributed by atoms with Crippen LogP contribution in [-0.2, 0) is 27.8 Å². The SMILES string of the molecule is COc1cccc(S(=O)(=O)N2CCc3ccc(/C=C/C(=O)NO)cc3C2)c1. The summed E-state index contributed by atoms with van der Waals surface area (Å²) in [5.74, 6) is -0.141. The summed E-state index contributed by atoms with van der Waals surface area (Å²) in [5, 5.41) is 8.54. The van der Waals surface area contributed by atoms with Gasteiger partial charge in [-0.1, -0.05) is 24.3 Å². The molecule has 0 aliphatic carbocycles. The number of fused-ring (bicyclic) bond motifs is 1. The van der Waals surface area contributed by atoms with Gasteiger partial charge in [-0.05, 0) is 41.3 Å². The summed E-state index contributed by atoms with van der Waals surface area (Å²) in [4.78, 5) is 11.3. The molecule has 0 unspecified atom stereocenters. The van der Waals surface area contributed by atoms with Gasteiger partial charge in [-0.2, -0.15) is 4.31 Å². The highest BCUT2D eigenvalue weighted by molar-refractivity contribution is 7.89. The summed E-state index contributed by atoms with van der Waals surface area (Å²) in [6, 6.07) is 12.1. The van der Waals surface area contributed by atoms with E-state index in [1.54, 1.807) is 24.3 Å². The van der Waals surface area contributed by atoms with Crippen molar-refractivity contribution in [2.45, 2.75) is 17.9 Å². The number of hydroxylamine groups is 1. The molecular weight excluding hydrogens is 368 g/mol. The molecule has 0 aromatic heterocycles. The Labute approximate surface area is 157 Å². The maximum Gasteiger partial charge on any atom is 0.267 e. The molecule has 1 heterocycles. The Balaban J connectivity index is 1.86. The van der Waals surface area contributed by atoms with Crippen molar-refractivity contribution >= 4 is 22.0 Å². The third kappa shape index (κ3) is 4.19. The number of sulfonamides is 1. The highest BCUT2D eigenvalue weighted by Gasteiger charge is 2.28. The van der Waals surface area contributed by atoms with E-state index in [4.69, 9.17) is 9.94 Å². The van der Waals surface area contributed by atoms with Gasteiger partial charge < -0.3 is 4.74 Å². The van der Waals surface area contributed by atoms with Crippen LogP contribution in [0.5, 0.6) is 5.75 Å². The minimum absolute atomic E-state index is 0.195. The molecule has 0 atom stereocenters. The van der Waals surface area contributed by atoms with Crippen molar-refractivity contribution in [3.8, 4) is 5.75 Å². The van der Waals surface area contributed by atoms with Gasteiger partial charge in [0, 0.05) is 25.2 Å². The van der Waals surface area contributed by atoms with E-state index in [-0.39, 0.29) is 11.4 Å². The van der Waals surface area contributed by atoms with E-state index in [1.165, 1.54) is 29.0 Å². The first-order valence-corrected chi connectivity index (χ1v) is 9.76. The molecule has 3 rings (SSSR count). The lowest BCUT2D eigenvalue weighted by Gasteiger charge is -2.28. The van der Waals surface area contributed by atoms with Gasteiger partial charge in [0.2, 0.25) is 10.0 Å². The Morgan fingerprint density at radius 3 is 2.78 bits per heavy atom. The fraction of sp³-hybridized carbons (Fsp3) is 0.211. The number of carbonyl (C=O) groups excluding carboxylic acids is 1. The Hall–Kier alpha value is -2.68. The van der Waals surface area contributed by atoms with Crippen LogP contribution in [0.1, 0.15) is 16.7 Å². The van der Waals surface area contributed by atoms with Crippen LogP contribution in [0.2, 0.25) is 0 Å². The van der Waals surface area contributed by atoms with E-state index in [0.29, 0.717) is 18.7 Å². The molecule has 2 aromatic rings. The normalized spacial score (nSPS) is 14.7. The van der Waals surface area contributed by atoms with Gasteiger partial charge in [0.05, 0.1) is 12.0 Å². The second-order valence-electron chi connectivity index (χ2n) is 6.11. The molecule has 0 spiro atoms. The Kier molecular flexibility index (Phi) is 5.59. The summed E-state index contributed by atoms with van der Waals surface area (Å²) in [7, 11) is -2.15. The number of hydrogen-bond acceptors (Lipinski definition) is 5. The number of nitrogens with zero attached hydrogens (tertiary/aromatic N) is 1. The van der Waals surface area contributed by atoms with E-state index < -0.39 is 15.9 Å². The third-order valence-electron chi connectivity index (χ3n) is 4.42. The summed E-state index contributed by atoms with van der Waals surface area (Å²) < 4.78 is 32.5. The molecule has 0 fully saturated rings. The fourth-order valence-corrected chi connectivity index (χ4v) is 4.43. The van der Waals surface area contributed by atoms with Gasteiger partial charge in [0.25, 0.3) is 5.91 Å². The van der Waals surface area contributed by atoms with Gasteiger partial charge in [-0.25, -0.2) is 13.9 Å². The molecular formula is C19H20N2O5S. The molecule has 8 heteroatoms. The van der Waals surface area contributed by atoms with Gasteiger partial charge >= 0.3 is 0 Å². The lowest BCUT2D eigenvalue weighted by atomic mass is 9.98. The van der Waals surface area contributed by atoms with Gasteiger partial charge in [0.15, 0.2) is 0 Å². The third-order valence-corrected chi connectivity index (χ3v) is 6.27. The molecule has 142 valence electrons. The van der Waals surface area contributed by atoms with Crippen LogP contribution in [0.4, 0.5) is 0 Å². The van der Waals surface area contributed by atoms with Crippen LogP contribution in [-0.4, -0.2) is 37.5 Å². The number of carbonyl (C=O) groups is 1. The Bertz CT molecular complexity index is 985. The lowest BCUT2D eigenvalue weighted by Crippen LogP contribution is -2.36. The molecule has 0 bridgehead atoms. The zero-order valence-electron chi connectivity index (χ0n) is 14.8. The molecule has 2 aromatic carbocycles. The largest absolute Gasteiger partial charge is 0.497 e. The van der Waals surface area contributed by atoms with Crippen molar-refractivity contribution in [2.24, 2.45) is 0 Å². The number of hydrogen-bond donors (Lipinski definition) is 2. The standard InChI is InChI=1S/C19H20N2O5S/c1-26-17-3-2-4-18(12-17)27(24,25)21-10-9-15-7-5-14(11-16(15)13-21)6-8-19(22)20-23/h2-8,11-12,23H,9-10,13H2,1H3,(H,20,22)/b8-6+. The lowest BCUT2D eigenvalue weighted by molar-refractivity contribution is -0.124. The van der Waals surface area contributed by atoms with Crippen molar-refractivity contribution < 1.29 is 23.2 Å². The number of nitrogens with one attached hydrogen (secondary N) is 1. The summed E-state index contributed by atoms with van der Waals surface area (Å²) in [6.45, 7) is 0.650. The first-order valence-electron chi connectivity index (χ1n) is 8.32. The van der Waals surface area contributed by atoms with Crippen molar-refractivity contribution in [1.29, 1.82) is 0 Å². The highest BCUT2D eigenvalue weighted by Crippen LogP contribution is 2.27. The number of ether oxygens (including phenoxy) is 1. The van der Waals surface area contributed by atoms with Gasteiger partial charge in [-0.3, -0.25) is 10.0 Å². The molecule has 1 aliphatic heterocycles. The summed E-state index contributed by atoms with van der Waals surface area (Å²) in [6.07, 6.45) is 3.37. The highest BCUT2D eigenvalue weighted by atomic mass is 32.2. The van der Waals surface area contributed by atoms with Gasteiger partial charge in [-0.15, -0.1) is 0 Å². The summed E-state index contributed by atoms with van der Waals surface area (Å²) in [5.41, 5.74) is 4.24. The smallest absolute Gasteiger partial charge is 0.267 e. The van der Waals surface area contributed by atoms with Crippen molar-refractivity contribution in [3.63, 3.8) is 0 Å². The van der Waals surface area contributed by atoms with Crippen molar-refractivity contribution in [1.82, 2.24) is 9.79 Å². The van der Waals surface area contributed by atoms with Crippen LogP contribution < -0.4 is 10.2 Å². The Morgan fingerprint density at radius 2 is 2.04 bits per heavy atom. The number of methoxy groups -OCH3 is 1. The van der Waals surface area contributed by atoms with E-state index >= 15 is 0 Å². The molecule has 7 nitrogen and oxygen atoms in total. The molecule has 0 saturated heterocycles. The molecule has 1 amide bonds. The number of amides is 1. The number of benzene rings is 2. The van der Waals surface area contributed by atoms with Crippen LogP contribution in [0, 0.1) is 0 Å². The van der Waals surface area contributed by atoms with Gasteiger partial charge in [0.1, 0.15) is 5.75 Å². The number of rotatable bonds is 5. The van der Waals surface area contributed by atoms with E-state index in [1.807, 2.05) is 18.2 Å². The molecule has 2 N–H and O–H groups in total. The Morgan fingerprint density at radius 1 is 1.22 bits per heavy atom. The van der Waals surface area contributed by atoms with Crippen molar-refractivity contribution in [3.05, 3.63) is 65.2 Å². The minimum atomic E-state index is -3.64. The average Bonchev–Trinajstić information content (AvgIpc) is 2.71. The fourth-order valence-electron chi connectivity index (χ4n) is 2.98. The van der Waals surface area contributed by atoms with Crippen LogP contribution >= 0.6 is 0 Å². The summed E-state index contributed by atoms with van der Waals surface area (Å²) >= 11 is 0. The molecule has 1 aliphatic rings. The van der Waals surface area contributed by atoms with Crippen LogP contribution in [0.15, 0.2) is 53.4 Å². The maximum atomic E-state index is 13.0. The van der Waals surface area contributed by atoms with Crippen molar-refractivity contribution in [2.75, 3.05) is 13.7 Å². The second kappa shape index (κ2) is 7.91. The first-order chi connectivity index (χ1) is 12.9. The van der Waals surface area contributed by atoms with E-state index in [9.17, 15) is 13.2 Å². The zero-order valence-corrected chi connectivity index (χ0v) is 15.6. The second-order valence-corrected chi connectivity index (χ2v) is 8.04. The monoisotopic (exact) mass is 388 g/mol. The van der Waals surface area contributed by atoms with Crippen LogP contribution in [0.25, 0.3) is 6.08 Å². The average molecular weight is 388 g/mol. The van der Waals surface area contributed by atoms with E-state index in [0.717, 1.165) is 16.7 Å². The van der Waals surface area contributed by atoms with E-state index in [2.05, 4.69) is 0 Å². The minimum Gasteiger partial charge on any atom is -0.497 e. The quantitative estimate of drug-likeness (QED) is 0.464. The zero-order chi connectivity index (χ0) is 19.4. The van der Waals surface area contributed by atoms with Crippen LogP contribution in [0.3, 0.4) is 0 Å². The predicted molar refractivity (Wildman–Crippen MR) is 99.7 cm³/mol. The predicted octanol–water partition coefficient (Wildman–Crippen LogP) is 1.96. The molecule has 0 saturated carbocycles. The topological polar surface area (TPSA) is 95.9 Å². The molecule has 27 heavy (non-hydrogen) atoms. The maximum absolute atomic E-state index is 13.0. The first kappa shape index (κ1) is 19.1.